The molecular formula is C16H25NO4. The molecule has 0 N–H and O–H groups in total. The lowest BCUT2D eigenvalue weighted by molar-refractivity contribution is -0.147. The predicted octanol–water partition coefficient (Wildman–Crippen LogP) is 2.79. The minimum absolute atomic E-state index is 0.265. The van der Waals surface area contributed by atoms with Gasteiger partial charge in [-0.2, -0.15) is 0 Å². The number of hydrogen-bond donors (Lipinski definition) is 0. The molecule has 1 aromatic rings. The zero-order chi connectivity index (χ0) is 15.8. The number of carbonyl (C=O) groups excluding carboxylic acids is 1. The number of rotatable bonds is 8. The average molecular weight is 295 g/mol. The van der Waals surface area contributed by atoms with Crippen LogP contribution in [0.4, 0.5) is 0 Å². The van der Waals surface area contributed by atoms with Crippen molar-refractivity contribution in [1.29, 1.82) is 0 Å². The Hall–Kier alpha value is -1.78. The third kappa shape index (κ3) is 5.25. The van der Waals surface area contributed by atoms with Crippen molar-refractivity contribution in [2.75, 3.05) is 13.2 Å². The van der Waals surface area contributed by atoms with Crippen LogP contribution in [0.5, 0.6) is 5.75 Å². The minimum atomic E-state index is -0.658. The summed E-state index contributed by atoms with van der Waals surface area (Å²) < 4.78 is 11.9. The van der Waals surface area contributed by atoms with Crippen molar-refractivity contribution in [3.8, 4) is 5.75 Å². The van der Waals surface area contributed by atoms with Crippen LogP contribution in [0.2, 0.25) is 0 Å². The van der Waals surface area contributed by atoms with E-state index in [9.17, 15) is 9.59 Å². The van der Waals surface area contributed by atoms with Crippen molar-refractivity contribution in [3.05, 3.63) is 28.7 Å². The van der Waals surface area contributed by atoms with E-state index in [4.69, 9.17) is 9.47 Å². The van der Waals surface area contributed by atoms with E-state index in [-0.39, 0.29) is 11.3 Å². The normalized spacial score (nSPS) is 12.2. The van der Waals surface area contributed by atoms with Gasteiger partial charge in [0.05, 0.1) is 13.2 Å². The van der Waals surface area contributed by atoms with Crippen molar-refractivity contribution >= 4 is 5.97 Å². The lowest BCUT2D eigenvalue weighted by Crippen LogP contribution is -2.30. The van der Waals surface area contributed by atoms with Crippen LogP contribution >= 0.6 is 0 Å². The molecule has 0 spiro atoms. The third-order valence-corrected chi connectivity index (χ3v) is 3.10. The molecule has 0 aliphatic rings. The molecule has 0 radical (unpaired) electrons. The lowest BCUT2D eigenvalue weighted by atomic mass is 10.1. The predicted molar refractivity (Wildman–Crippen MR) is 81.6 cm³/mol. The molecule has 0 aromatic carbocycles. The fourth-order valence-electron chi connectivity index (χ4n) is 1.75. The summed E-state index contributed by atoms with van der Waals surface area (Å²) in [5, 5.41) is 0. The first-order valence-corrected chi connectivity index (χ1v) is 7.48. The Balaban J connectivity index is 2.75. The van der Waals surface area contributed by atoms with Gasteiger partial charge in [0.25, 0.3) is 5.56 Å². The Morgan fingerprint density at radius 3 is 2.62 bits per heavy atom. The number of esters is 1. The standard InChI is InChI=1S/C16H25NO4/c1-5-10-20-14-7-6-9-17(15(14)18)13(4)16(19)21-11-8-12(2)3/h6-7,9,12-13H,5,8,10-11H2,1-4H3. The Kier molecular flexibility index (Phi) is 6.99. The zero-order valence-electron chi connectivity index (χ0n) is 13.3. The molecule has 118 valence electrons. The van der Waals surface area contributed by atoms with Crippen LogP contribution in [-0.2, 0) is 9.53 Å². The molecule has 0 fully saturated rings. The summed E-state index contributed by atoms with van der Waals surface area (Å²) >= 11 is 0. The van der Waals surface area contributed by atoms with Gasteiger partial charge in [0.1, 0.15) is 6.04 Å². The van der Waals surface area contributed by atoms with Gasteiger partial charge in [0.15, 0.2) is 5.75 Å². The van der Waals surface area contributed by atoms with Crippen molar-refractivity contribution < 1.29 is 14.3 Å². The van der Waals surface area contributed by atoms with Crippen molar-refractivity contribution in [1.82, 2.24) is 4.57 Å². The van der Waals surface area contributed by atoms with E-state index in [1.807, 2.05) is 6.92 Å². The second-order valence-electron chi connectivity index (χ2n) is 5.46. The largest absolute Gasteiger partial charge is 0.488 e. The number of pyridine rings is 1. The van der Waals surface area contributed by atoms with Gasteiger partial charge in [-0.25, -0.2) is 4.79 Å². The van der Waals surface area contributed by atoms with E-state index >= 15 is 0 Å². The van der Waals surface area contributed by atoms with Gasteiger partial charge in [-0.05, 0) is 37.8 Å². The Morgan fingerprint density at radius 2 is 2.00 bits per heavy atom. The average Bonchev–Trinajstić information content (AvgIpc) is 2.45. The molecule has 0 saturated heterocycles. The molecule has 21 heavy (non-hydrogen) atoms. The molecule has 5 heteroatoms. The molecule has 0 bridgehead atoms. The smallest absolute Gasteiger partial charge is 0.328 e. The molecule has 5 nitrogen and oxygen atoms in total. The highest BCUT2D eigenvalue weighted by Gasteiger charge is 2.19. The summed E-state index contributed by atoms with van der Waals surface area (Å²) in [5.41, 5.74) is -0.306. The highest BCUT2D eigenvalue weighted by atomic mass is 16.5. The Morgan fingerprint density at radius 1 is 1.29 bits per heavy atom. The summed E-state index contributed by atoms with van der Waals surface area (Å²) in [6, 6.07) is 2.66. The lowest BCUT2D eigenvalue weighted by Gasteiger charge is -2.16. The molecule has 1 heterocycles. The van der Waals surface area contributed by atoms with Crippen LogP contribution in [0, 0.1) is 5.92 Å². The van der Waals surface area contributed by atoms with Crippen LogP contribution in [0.25, 0.3) is 0 Å². The van der Waals surface area contributed by atoms with Gasteiger partial charge in [-0.1, -0.05) is 20.8 Å². The summed E-state index contributed by atoms with van der Waals surface area (Å²) in [5.74, 6) is 0.341. The van der Waals surface area contributed by atoms with Gasteiger partial charge in [0, 0.05) is 6.20 Å². The van der Waals surface area contributed by atoms with E-state index in [1.54, 1.807) is 25.3 Å². The van der Waals surface area contributed by atoms with Gasteiger partial charge in [-0.15, -0.1) is 0 Å². The summed E-state index contributed by atoms with van der Waals surface area (Å²) in [6.07, 6.45) is 3.21. The van der Waals surface area contributed by atoms with Gasteiger partial charge < -0.3 is 9.47 Å². The van der Waals surface area contributed by atoms with Gasteiger partial charge >= 0.3 is 5.97 Å². The maximum absolute atomic E-state index is 12.2. The fourth-order valence-corrected chi connectivity index (χ4v) is 1.75. The SMILES string of the molecule is CCCOc1cccn(C(C)C(=O)OCCC(C)C)c1=O. The van der Waals surface area contributed by atoms with Crippen LogP contribution in [0.3, 0.4) is 0 Å². The maximum Gasteiger partial charge on any atom is 0.328 e. The van der Waals surface area contributed by atoms with E-state index < -0.39 is 12.0 Å². The first kappa shape index (κ1) is 17.3. The Labute approximate surface area is 125 Å². The van der Waals surface area contributed by atoms with E-state index in [0.717, 1.165) is 12.8 Å². The van der Waals surface area contributed by atoms with Crippen molar-refractivity contribution in [3.63, 3.8) is 0 Å². The molecule has 1 rings (SSSR count). The first-order valence-electron chi connectivity index (χ1n) is 7.48. The molecule has 0 amide bonds. The van der Waals surface area contributed by atoms with Crippen LogP contribution in [0.15, 0.2) is 23.1 Å². The maximum atomic E-state index is 12.2. The van der Waals surface area contributed by atoms with Crippen LogP contribution in [0.1, 0.15) is 46.6 Å². The number of ether oxygens (including phenoxy) is 2. The second kappa shape index (κ2) is 8.49. The van der Waals surface area contributed by atoms with Crippen molar-refractivity contribution in [2.24, 2.45) is 5.92 Å². The monoisotopic (exact) mass is 295 g/mol. The molecule has 0 aliphatic carbocycles. The molecular weight excluding hydrogens is 270 g/mol. The highest BCUT2D eigenvalue weighted by molar-refractivity contribution is 5.73. The quantitative estimate of drug-likeness (QED) is 0.692. The third-order valence-electron chi connectivity index (χ3n) is 3.10. The molecule has 1 aromatic heterocycles. The molecule has 0 aliphatic heterocycles. The first-order chi connectivity index (χ1) is 9.97. The van der Waals surface area contributed by atoms with Crippen molar-refractivity contribution in [2.45, 2.75) is 46.6 Å². The summed E-state index contributed by atoms with van der Waals surface area (Å²) in [6.45, 7) is 8.61. The zero-order valence-corrected chi connectivity index (χ0v) is 13.3. The molecule has 1 atom stereocenters. The number of aromatic nitrogens is 1. The number of hydrogen-bond acceptors (Lipinski definition) is 4. The number of carbonyl (C=O) groups is 1. The van der Waals surface area contributed by atoms with E-state index in [1.165, 1.54) is 4.57 Å². The molecule has 1 unspecified atom stereocenters. The summed E-state index contributed by atoms with van der Waals surface area (Å²) in [4.78, 5) is 24.2. The minimum Gasteiger partial charge on any atom is -0.488 e. The highest BCUT2D eigenvalue weighted by Crippen LogP contribution is 2.10. The van der Waals surface area contributed by atoms with E-state index in [0.29, 0.717) is 19.1 Å². The van der Waals surface area contributed by atoms with Crippen LogP contribution in [-0.4, -0.2) is 23.8 Å². The van der Waals surface area contributed by atoms with Crippen LogP contribution < -0.4 is 10.3 Å². The fraction of sp³-hybridized carbons (Fsp3) is 0.625. The molecule has 0 saturated carbocycles. The number of nitrogens with zero attached hydrogens (tertiary/aromatic N) is 1. The topological polar surface area (TPSA) is 57.5 Å². The van der Waals surface area contributed by atoms with Gasteiger partial charge in [-0.3, -0.25) is 9.36 Å². The van der Waals surface area contributed by atoms with E-state index in [2.05, 4.69) is 13.8 Å². The second-order valence-corrected chi connectivity index (χ2v) is 5.46. The summed E-state index contributed by atoms with van der Waals surface area (Å²) in [7, 11) is 0. The Bertz CT molecular complexity index is 507. The van der Waals surface area contributed by atoms with Gasteiger partial charge in [0.2, 0.25) is 0 Å².